The van der Waals surface area contributed by atoms with Gasteiger partial charge in [0.05, 0.1) is 0 Å². The highest BCUT2D eigenvalue weighted by molar-refractivity contribution is 7.86. The van der Waals surface area contributed by atoms with Gasteiger partial charge in [-0.2, -0.15) is 21.8 Å². The predicted octanol–water partition coefficient (Wildman–Crippen LogP) is -1.06. The first-order valence-electron chi connectivity index (χ1n) is 6.73. The van der Waals surface area contributed by atoms with E-state index in [0.29, 0.717) is 0 Å². The van der Waals surface area contributed by atoms with Crippen LogP contribution in [0.3, 0.4) is 0 Å². The predicted molar refractivity (Wildman–Crippen MR) is 83.2 cm³/mol. The zero-order valence-electron chi connectivity index (χ0n) is 12.8. The van der Waals surface area contributed by atoms with Crippen molar-refractivity contribution in [3.8, 4) is 0 Å². The maximum Gasteiger partial charge on any atom is 0.369 e. The number of hydrogen-bond donors (Lipinski definition) is 1. The van der Waals surface area contributed by atoms with Crippen LogP contribution in [0.4, 0.5) is 7.77 Å². The van der Waals surface area contributed by atoms with Gasteiger partial charge < -0.3 is 0 Å². The van der Waals surface area contributed by atoms with Crippen LogP contribution >= 0.6 is 0 Å². The number of nitrogens with one attached hydrogen (secondary N) is 1. The summed E-state index contributed by atoms with van der Waals surface area (Å²) in [5.74, 6) is 0. The molecule has 138 valence electrons. The molecule has 0 atom stereocenters. The molecule has 3 rings (SSSR count). The van der Waals surface area contributed by atoms with E-state index < -0.39 is 30.8 Å². The smallest absolute Gasteiger partial charge is 0.246 e. The van der Waals surface area contributed by atoms with E-state index in [2.05, 4.69) is 70.7 Å². The Hall–Kier alpha value is -1.93. The average molecular weight is 514 g/mol. The van der Waals surface area contributed by atoms with Gasteiger partial charge >= 0.3 is 41.7 Å². The first-order valence-corrected chi connectivity index (χ1v) is 11.7. The summed E-state index contributed by atoms with van der Waals surface area (Å²) in [5.41, 5.74) is 0. The second kappa shape index (κ2) is 8.64. The van der Waals surface area contributed by atoms with Crippen LogP contribution in [0, 0.1) is 7.14 Å². The van der Waals surface area contributed by atoms with Gasteiger partial charge in [-0.3, -0.25) is 0 Å². The minimum Gasteiger partial charge on any atom is -0.246 e. The van der Waals surface area contributed by atoms with Crippen LogP contribution in [0.2, 0.25) is 0 Å². The Labute approximate surface area is 159 Å². The molecule has 1 N–H and O–H groups in total. The van der Waals surface area contributed by atoms with Crippen LogP contribution in [0.1, 0.15) is 0 Å². The Kier molecular flexibility index (Phi) is 6.77. The average Bonchev–Trinajstić information content (AvgIpc) is 3.08. The van der Waals surface area contributed by atoms with Crippen LogP contribution in [0.5, 0.6) is 0 Å². The molecule has 7 nitrogen and oxygen atoms in total. The van der Waals surface area contributed by atoms with Crippen molar-refractivity contribution in [3.63, 3.8) is 0 Å². The SMILES string of the molecule is O=S(=O)(F)c1n[nH]c(S(=O)(=O)F)n1.c1ccc([I+]c2ccccc2)cc1. The van der Waals surface area contributed by atoms with Gasteiger partial charge in [-0.25, -0.2) is 5.10 Å². The normalized spacial score (nSPS) is 11.5. The van der Waals surface area contributed by atoms with Crippen LogP contribution in [-0.2, 0) is 20.4 Å². The standard InChI is InChI=1S/C12H10I.C2HF2N3O4S2/c1-3-7-11(8-4-1)13-12-9-5-2-6-10-12;3-12(8,9)1-5-2(7-6-1)13(4,10)11/h1-10H;(H,5,6,7)/q+1;. The van der Waals surface area contributed by atoms with E-state index in [-0.39, 0.29) is 21.2 Å². The highest BCUT2D eigenvalue weighted by Crippen LogP contribution is 2.10. The van der Waals surface area contributed by atoms with E-state index in [1.165, 1.54) is 12.2 Å². The first-order chi connectivity index (χ1) is 12.2. The molecule has 0 aliphatic heterocycles. The molecule has 1 heterocycles. The van der Waals surface area contributed by atoms with Crippen molar-refractivity contribution >= 4 is 20.4 Å². The fourth-order valence-corrected chi connectivity index (χ4v) is 4.56. The highest BCUT2D eigenvalue weighted by Gasteiger charge is 2.24. The molecule has 0 spiro atoms. The number of aromatic amines is 1. The summed E-state index contributed by atoms with van der Waals surface area (Å²) in [7, 11) is -10.4. The van der Waals surface area contributed by atoms with Gasteiger partial charge in [-0.15, -0.1) is 5.10 Å². The van der Waals surface area contributed by atoms with Crippen LogP contribution in [0.25, 0.3) is 0 Å². The lowest BCUT2D eigenvalue weighted by molar-refractivity contribution is -0.597. The number of halogens is 3. The number of rotatable bonds is 4. The van der Waals surface area contributed by atoms with Gasteiger partial charge in [-0.1, -0.05) is 44.2 Å². The minimum absolute atomic E-state index is 0.0287. The van der Waals surface area contributed by atoms with Crippen molar-refractivity contribution in [2.45, 2.75) is 10.3 Å². The zero-order valence-corrected chi connectivity index (χ0v) is 16.5. The molecule has 2 aromatic carbocycles. The molecule has 0 aliphatic carbocycles. The molecule has 12 heteroatoms. The lowest BCUT2D eigenvalue weighted by atomic mass is 10.4. The lowest BCUT2D eigenvalue weighted by Gasteiger charge is -1.84. The van der Waals surface area contributed by atoms with Crippen molar-refractivity contribution in [2.75, 3.05) is 0 Å². The minimum atomic E-state index is -5.23. The number of hydrogen-bond acceptors (Lipinski definition) is 6. The summed E-state index contributed by atoms with van der Waals surface area (Å²) >= 11 is 0.0287. The third kappa shape index (κ3) is 6.42. The fourth-order valence-electron chi connectivity index (χ4n) is 1.53. The zero-order chi connectivity index (χ0) is 19.2. The summed E-state index contributed by atoms with van der Waals surface area (Å²) in [6.45, 7) is 0. The van der Waals surface area contributed by atoms with Crippen molar-refractivity contribution in [3.05, 3.63) is 67.8 Å². The number of nitrogens with zero attached hydrogens (tertiary/aromatic N) is 2. The summed E-state index contributed by atoms with van der Waals surface area (Å²) in [6.07, 6.45) is 0. The van der Waals surface area contributed by atoms with Crippen molar-refractivity contribution in [2.24, 2.45) is 0 Å². The van der Waals surface area contributed by atoms with Crippen LogP contribution in [0.15, 0.2) is 71.0 Å². The number of benzene rings is 2. The Morgan fingerprint density at radius 2 is 1.23 bits per heavy atom. The summed E-state index contributed by atoms with van der Waals surface area (Å²) < 4.78 is 67.2. The molecule has 0 saturated heterocycles. The van der Waals surface area contributed by atoms with Gasteiger partial charge in [0.2, 0.25) is 0 Å². The second-order valence-electron chi connectivity index (χ2n) is 4.48. The maximum atomic E-state index is 12.0. The van der Waals surface area contributed by atoms with E-state index >= 15 is 0 Å². The van der Waals surface area contributed by atoms with Crippen LogP contribution in [-0.4, -0.2) is 32.0 Å². The Morgan fingerprint density at radius 3 is 1.54 bits per heavy atom. The maximum absolute atomic E-state index is 12.0. The van der Waals surface area contributed by atoms with E-state index in [1.54, 1.807) is 0 Å². The topological polar surface area (TPSA) is 110 Å². The van der Waals surface area contributed by atoms with E-state index in [9.17, 15) is 24.6 Å². The highest BCUT2D eigenvalue weighted by atomic mass is 127. The Bertz CT molecular complexity index is 976. The van der Waals surface area contributed by atoms with Gasteiger partial charge in [0, 0.05) is 0 Å². The molecular weight excluding hydrogens is 503 g/mol. The van der Waals surface area contributed by atoms with Crippen molar-refractivity contribution in [1.82, 2.24) is 15.2 Å². The van der Waals surface area contributed by atoms with Gasteiger partial charge in [0.25, 0.3) is 10.3 Å². The van der Waals surface area contributed by atoms with E-state index in [1.807, 2.05) is 0 Å². The Morgan fingerprint density at radius 1 is 0.769 bits per heavy atom. The molecule has 0 bridgehead atoms. The fraction of sp³-hybridized carbons (Fsp3) is 0. The van der Waals surface area contributed by atoms with Crippen molar-refractivity contribution < 1.29 is 45.8 Å². The lowest BCUT2D eigenvalue weighted by Crippen LogP contribution is -3.61. The first kappa shape index (κ1) is 20.4. The monoisotopic (exact) mass is 514 g/mol. The van der Waals surface area contributed by atoms with E-state index in [0.717, 1.165) is 0 Å². The molecule has 0 amide bonds. The summed E-state index contributed by atoms with van der Waals surface area (Å²) in [6, 6.07) is 21.4. The van der Waals surface area contributed by atoms with E-state index in [4.69, 9.17) is 0 Å². The number of aromatic nitrogens is 3. The van der Waals surface area contributed by atoms with Crippen molar-refractivity contribution in [1.29, 1.82) is 0 Å². The van der Waals surface area contributed by atoms with Gasteiger partial charge in [0.1, 0.15) is 0 Å². The molecule has 0 aliphatic rings. The molecule has 0 radical (unpaired) electrons. The molecule has 26 heavy (non-hydrogen) atoms. The molecule has 0 fully saturated rings. The number of H-pyrrole nitrogens is 1. The molecule has 0 unspecified atom stereocenters. The molecule has 0 saturated carbocycles. The van der Waals surface area contributed by atoms with Gasteiger partial charge in [0.15, 0.2) is 7.14 Å². The third-order valence-corrected chi connectivity index (χ3v) is 6.53. The summed E-state index contributed by atoms with van der Waals surface area (Å²) in [4.78, 5) is 2.56. The Balaban J connectivity index is 0.000000187. The molecule has 1 aromatic heterocycles. The quantitative estimate of drug-likeness (QED) is 0.351. The third-order valence-electron chi connectivity index (χ3n) is 2.58. The molecular formula is C14H11F2IN3O4S2+. The molecule has 3 aromatic rings. The van der Waals surface area contributed by atoms with Gasteiger partial charge in [-0.05, 0) is 24.3 Å². The largest absolute Gasteiger partial charge is 0.369 e. The summed E-state index contributed by atoms with van der Waals surface area (Å²) in [5, 5.41) is 1.26. The van der Waals surface area contributed by atoms with Crippen LogP contribution < -0.4 is 21.2 Å². The second-order valence-corrected chi connectivity index (χ2v) is 10.0.